The molecule has 0 saturated heterocycles. The van der Waals surface area contributed by atoms with Crippen molar-refractivity contribution in [3.63, 3.8) is 0 Å². The van der Waals surface area contributed by atoms with Gasteiger partial charge in [-0.2, -0.15) is 0 Å². The highest BCUT2D eigenvalue weighted by Gasteiger charge is 2.09. The van der Waals surface area contributed by atoms with E-state index in [4.69, 9.17) is 4.74 Å². The Hall–Kier alpha value is -1.09. The number of aliphatic hydroxyl groups is 1. The average molecular weight is 182 g/mol. The fourth-order valence-corrected chi connectivity index (χ4v) is 1.12. The van der Waals surface area contributed by atoms with Crippen molar-refractivity contribution in [1.29, 1.82) is 0 Å². The zero-order valence-corrected chi connectivity index (χ0v) is 7.64. The van der Waals surface area contributed by atoms with E-state index in [2.05, 4.69) is 0 Å². The molecular formula is C10H14O3. The van der Waals surface area contributed by atoms with Crippen molar-refractivity contribution < 1.29 is 14.6 Å². The van der Waals surface area contributed by atoms with Crippen molar-refractivity contribution in [2.45, 2.75) is 32.0 Å². The van der Waals surface area contributed by atoms with Crippen LogP contribution >= 0.6 is 0 Å². The molecule has 0 unspecified atom stereocenters. The Morgan fingerprint density at radius 2 is 2.23 bits per heavy atom. The third kappa shape index (κ3) is 3.90. The molecule has 0 aliphatic carbocycles. The van der Waals surface area contributed by atoms with Crippen LogP contribution in [0.3, 0.4) is 0 Å². The molecule has 0 radical (unpaired) electrons. The van der Waals surface area contributed by atoms with Gasteiger partial charge in [-0.05, 0) is 19.8 Å². The standard InChI is InChI=1S/C10H14O3/c1-8-6-7-9(11)4-2-3-5-10(12)13-8/h2-5,8-9,11H,6-7H2,1H3/t8-,9+/m1/s1. The van der Waals surface area contributed by atoms with Crippen molar-refractivity contribution in [2.75, 3.05) is 0 Å². The number of rotatable bonds is 0. The number of aliphatic hydroxyl groups excluding tert-OH is 1. The zero-order chi connectivity index (χ0) is 9.68. The number of cyclic esters (lactones) is 1. The van der Waals surface area contributed by atoms with Gasteiger partial charge >= 0.3 is 5.97 Å². The van der Waals surface area contributed by atoms with Crippen LogP contribution in [0.4, 0.5) is 0 Å². The lowest BCUT2D eigenvalue weighted by Crippen LogP contribution is -2.16. The highest BCUT2D eigenvalue weighted by molar-refractivity contribution is 5.82. The van der Waals surface area contributed by atoms with Crippen LogP contribution in [0.2, 0.25) is 0 Å². The van der Waals surface area contributed by atoms with Crippen LogP contribution in [0.15, 0.2) is 24.3 Å². The molecule has 1 aliphatic heterocycles. The lowest BCUT2D eigenvalue weighted by atomic mass is 10.1. The molecule has 3 nitrogen and oxygen atoms in total. The first-order valence-corrected chi connectivity index (χ1v) is 4.42. The maximum absolute atomic E-state index is 11.0. The van der Waals surface area contributed by atoms with Crippen LogP contribution in [0.1, 0.15) is 19.8 Å². The van der Waals surface area contributed by atoms with Gasteiger partial charge in [0.15, 0.2) is 0 Å². The van der Waals surface area contributed by atoms with E-state index in [0.717, 1.165) is 0 Å². The molecule has 0 amide bonds. The van der Waals surface area contributed by atoms with Crippen molar-refractivity contribution in [3.05, 3.63) is 24.3 Å². The minimum Gasteiger partial charge on any atom is -0.460 e. The molecule has 0 aromatic rings. The third-order valence-corrected chi connectivity index (χ3v) is 1.86. The average Bonchev–Trinajstić information content (AvgIpc) is 2.08. The molecule has 1 rings (SSSR count). The van der Waals surface area contributed by atoms with Crippen molar-refractivity contribution in [2.24, 2.45) is 0 Å². The minimum absolute atomic E-state index is 0.127. The summed E-state index contributed by atoms with van der Waals surface area (Å²) < 4.78 is 5.00. The number of carbonyl (C=O) groups is 1. The molecule has 1 aliphatic rings. The number of carbonyl (C=O) groups excluding carboxylic acids is 1. The van der Waals surface area contributed by atoms with Crippen LogP contribution in [-0.4, -0.2) is 23.3 Å². The number of ether oxygens (including phenoxy) is 1. The minimum atomic E-state index is -0.441. The predicted octanol–water partition coefficient (Wildman–Crippen LogP) is 1.19. The number of hydrogen-bond acceptors (Lipinski definition) is 3. The SMILES string of the molecule is C[C@@H]1CC[C@@H](O)C=CC=CC(=O)O1. The monoisotopic (exact) mass is 182 g/mol. The zero-order valence-electron chi connectivity index (χ0n) is 7.64. The lowest BCUT2D eigenvalue weighted by molar-refractivity contribution is -0.142. The number of allylic oxidation sites excluding steroid dienone is 2. The van der Waals surface area contributed by atoms with Gasteiger partial charge in [0.05, 0.1) is 12.2 Å². The summed E-state index contributed by atoms with van der Waals surface area (Å²) in [7, 11) is 0. The van der Waals surface area contributed by atoms with Crippen LogP contribution in [0.5, 0.6) is 0 Å². The van der Waals surface area contributed by atoms with Gasteiger partial charge in [-0.1, -0.05) is 18.2 Å². The number of esters is 1. The predicted molar refractivity (Wildman–Crippen MR) is 49.1 cm³/mol. The third-order valence-electron chi connectivity index (χ3n) is 1.86. The van der Waals surface area contributed by atoms with Gasteiger partial charge in [0, 0.05) is 6.08 Å². The smallest absolute Gasteiger partial charge is 0.331 e. The number of hydrogen-bond donors (Lipinski definition) is 1. The lowest BCUT2D eigenvalue weighted by Gasteiger charge is -2.13. The van der Waals surface area contributed by atoms with Crippen molar-refractivity contribution >= 4 is 5.97 Å². The van der Waals surface area contributed by atoms with Gasteiger partial charge in [0.1, 0.15) is 0 Å². The van der Waals surface area contributed by atoms with Gasteiger partial charge < -0.3 is 9.84 Å². The van der Waals surface area contributed by atoms with E-state index in [0.29, 0.717) is 12.8 Å². The van der Waals surface area contributed by atoms with Crippen molar-refractivity contribution in [3.8, 4) is 0 Å². The maximum Gasteiger partial charge on any atom is 0.331 e. The van der Waals surface area contributed by atoms with E-state index in [-0.39, 0.29) is 12.1 Å². The molecular weight excluding hydrogens is 168 g/mol. The van der Waals surface area contributed by atoms with Gasteiger partial charge in [-0.25, -0.2) is 4.79 Å². The fourth-order valence-electron chi connectivity index (χ4n) is 1.12. The summed E-state index contributed by atoms with van der Waals surface area (Å²) in [6.45, 7) is 1.82. The molecule has 0 aromatic heterocycles. The molecule has 13 heavy (non-hydrogen) atoms. The second-order valence-electron chi connectivity index (χ2n) is 3.14. The molecule has 0 spiro atoms. The summed E-state index contributed by atoms with van der Waals surface area (Å²) in [6.07, 6.45) is 6.99. The van der Waals surface area contributed by atoms with Crippen LogP contribution < -0.4 is 0 Å². The normalized spacial score (nSPS) is 29.8. The molecule has 72 valence electrons. The maximum atomic E-state index is 11.0. The van der Waals surface area contributed by atoms with Gasteiger partial charge in [0.2, 0.25) is 0 Å². The Labute approximate surface area is 77.7 Å². The van der Waals surface area contributed by atoms with E-state index >= 15 is 0 Å². The summed E-state index contributed by atoms with van der Waals surface area (Å²) >= 11 is 0. The molecule has 1 N–H and O–H groups in total. The highest BCUT2D eigenvalue weighted by Crippen LogP contribution is 2.07. The molecule has 3 heteroatoms. The first kappa shape index (κ1) is 9.99. The summed E-state index contributed by atoms with van der Waals surface area (Å²) in [6, 6.07) is 0. The second kappa shape index (κ2) is 4.82. The first-order valence-electron chi connectivity index (χ1n) is 4.42. The Bertz CT molecular complexity index is 230. The second-order valence-corrected chi connectivity index (χ2v) is 3.14. The van der Waals surface area contributed by atoms with E-state index in [1.807, 2.05) is 6.92 Å². The quantitative estimate of drug-likeness (QED) is 0.572. The Morgan fingerprint density at radius 1 is 1.46 bits per heavy atom. The molecule has 0 fully saturated rings. The van der Waals surface area contributed by atoms with Gasteiger partial charge in [-0.3, -0.25) is 0 Å². The van der Waals surface area contributed by atoms with Crippen LogP contribution in [0, 0.1) is 0 Å². The van der Waals surface area contributed by atoms with E-state index < -0.39 is 6.10 Å². The largest absolute Gasteiger partial charge is 0.460 e. The highest BCUT2D eigenvalue weighted by atomic mass is 16.5. The molecule has 1 heterocycles. The Balaban J connectivity index is 2.62. The Kier molecular flexibility index (Phi) is 3.71. The molecule has 0 aromatic carbocycles. The van der Waals surface area contributed by atoms with Crippen molar-refractivity contribution in [1.82, 2.24) is 0 Å². The molecule has 2 atom stereocenters. The summed E-state index contributed by atoms with van der Waals surface area (Å²) in [5.41, 5.74) is 0. The fraction of sp³-hybridized carbons (Fsp3) is 0.500. The Morgan fingerprint density at radius 3 is 3.00 bits per heavy atom. The van der Waals surface area contributed by atoms with Crippen LogP contribution in [-0.2, 0) is 9.53 Å². The van der Waals surface area contributed by atoms with E-state index in [9.17, 15) is 9.90 Å². The first-order chi connectivity index (χ1) is 6.18. The molecule has 0 saturated carbocycles. The summed E-state index contributed by atoms with van der Waals surface area (Å²) in [5, 5.41) is 9.35. The summed E-state index contributed by atoms with van der Waals surface area (Å²) in [5.74, 6) is -0.325. The molecule has 0 bridgehead atoms. The van der Waals surface area contributed by atoms with Crippen LogP contribution in [0.25, 0.3) is 0 Å². The van der Waals surface area contributed by atoms with Gasteiger partial charge in [-0.15, -0.1) is 0 Å². The summed E-state index contributed by atoms with van der Waals surface area (Å²) in [4.78, 5) is 11.0. The van der Waals surface area contributed by atoms with Gasteiger partial charge in [0.25, 0.3) is 0 Å². The van der Waals surface area contributed by atoms with E-state index in [1.54, 1.807) is 18.2 Å². The van der Waals surface area contributed by atoms with E-state index in [1.165, 1.54) is 6.08 Å². The topological polar surface area (TPSA) is 46.5 Å².